The third kappa shape index (κ3) is 4.25. The number of hydrogen-bond acceptors (Lipinski definition) is 5. The Morgan fingerprint density at radius 1 is 1.18 bits per heavy atom. The van der Waals surface area contributed by atoms with E-state index < -0.39 is 0 Å². The number of aromatic nitrogens is 4. The molecule has 1 amide bonds. The van der Waals surface area contributed by atoms with Crippen molar-refractivity contribution in [3.63, 3.8) is 0 Å². The molecule has 0 bridgehead atoms. The SMILES string of the molecule is Cc1ccc(-n2nccn2)c(C(=O)N2CCC[C@@H](C)[C@H]2CCc2nc3ccc(F)cc3o2)c1. The maximum Gasteiger partial charge on any atom is 0.256 e. The molecular weight excluding hydrogens is 421 g/mol. The van der Waals surface area contributed by atoms with Gasteiger partial charge in [-0.15, -0.1) is 0 Å². The van der Waals surface area contributed by atoms with Gasteiger partial charge in [-0.05, 0) is 56.4 Å². The molecule has 1 aliphatic heterocycles. The van der Waals surface area contributed by atoms with Crippen LogP contribution in [-0.4, -0.2) is 43.4 Å². The van der Waals surface area contributed by atoms with E-state index >= 15 is 0 Å². The molecule has 0 N–H and O–H groups in total. The monoisotopic (exact) mass is 447 g/mol. The Kier molecular flexibility index (Phi) is 5.66. The van der Waals surface area contributed by atoms with Crippen molar-refractivity contribution >= 4 is 17.0 Å². The molecule has 7 nitrogen and oxygen atoms in total. The van der Waals surface area contributed by atoms with Gasteiger partial charge in [0.1, 0.15) is 11.3 Å². The average Bonchev–Trinajstić information content (AvgIpc) is 3.47. The van der Waals surface area contributed by atoms with Gasteiger partial charge in [0.25, 0.3) is 5.91 Å². The first kappa shape index (κ1) is 21.3. The summed E-state index contributed by atoms with van der Waals surface area (Å²) in [5.74, 6) is 0.559. The van der Waals surface area contributed by atoms with Gasteiger partial charge in [-0.2, -0.15) is 15.0 Å². The van der Waals surface area contributed by atoms with Crippen LogP contribution in [0.1, 0.15) is 48.0 Å². The fourth-order valence-electron chi connectivity index (χ4n) is 4.76. The number of carbonyl (C=O) groups excluding carboxylic acids is 1. The molecule has 2 aromatic heterocycles. The number of nitrogens with zero attached hydrogens (tertiary/aromatic N) is 5. The average molecular weight is 448 g/mol. The van der Waals surface area contributed by atoms with Crippen molar-refractivity contribution in [1.82, 2.24) is 24.9 Å². The van der Waals surface area contributed by atoms with Crippen LogP contribution in [0.15, 0.2) is 53.2 Å². The number of amides is 1. The highest BCUT2D eigenvalue weighted by atomic mass is 19.1. The Morgan fingerprint density at radius 2 is 2.00 bits per heavy atom. The topological polar surface area (TPSA) is 77.1 Å². The van der Waals surface area contributed by atoms with Crippen LogP contribution in [0.4, 0.5) is 4.39 Å². The van der Waals surface area contributed by atoms with E-state index in [1.54, 1.807) is 18.5 Å². The van der Waals surface area contributed by atoms with Crippen LogP contribution in [0.2, 0.25) is 0 Å². The van der Waals surface area contributed by atoms with Crippen molar-refractivity contribution in [2.24, 2.45) is 5.92 Å². The number of oxazole rings is 1. The van der Waals surface area contributed by atoms with E-state index in [9.17, 15) is 9.18 Å². The second-order valence-electron chi connectivity index (χ2n) is 8.78. The molecule has 33 heavy (non-hydrogen) atoms. The van der Waals surface area contributed by atoms with Gasteiger partial charge in [0.15, 0.2) is 11.5 Å². The molecule has 0 aliphatic carbocycles. The van der Waals surface area contributed by atoms with E-state index in [1.165, 1.54) is 16.9 Å². The Bertz CT molecular complexity index is 1280. The lowest BCUT2D eigenvalue weighted by Gasteiger charge is -2.40. The largest absolute Gasteiger partial charge is 0.441 e. The van der Waals surface area contributed by atoms with Gasteiger partial charge >= 0.3 is 0 Å². The summed E-state index contributed by atoms with van der Waals surface area (Å²) in [7, 11) is 0. The molecule has 0 radical (unpaired) electrons. The molecule has 4 aromatic rings. The van der Waals surface area contributed by atoms with Gasteiger partial charge in [-0.3, -0.25) is 4.79 Å². The first-order valence-electron chi connectivity index (χ1n) is 11.3. The number of fused-ring (bicyclic) bond motifs is 1. The Labute approximate surface area is 191 Å². The lowest BCUT2D eigenvalue weighted by Crippen LogP contribution is -2.48. The quantitative estimate of drug-likeness (QED) is 0.442. The number of hydrogen-bond donors (Lipinski definition) is 0. The number of piperidine rings is 1. The van der Waals surface area contributed by atoms with E-state index in [0.29, 0.717) is 47.1 Å². The van der Waals surface area contributed by atoms with Crippen LogP contribution in [0, 0.1) is 18.7 Å². The summed E-state index contributed by atoms with van der Waals surface area (Å²) in [5.41, 5.74) is 3.38. The van der Waals surface area contributed by atoms with Crippen molar-refractivity contribution in [2.45, 2.75) is 45.6 Å². The van der Waals surface area contributed by atoms with Gasteiger partial charge in [0, 0.05) is 25.1 Å². The molecule has 0 saturated carbocycles. The molecule has 1 aliphatic rings. The van der Waals surface area contributed by atoms with Crippen LogP contribution in [0.5, 0.6) is 0 Å². The van der Waals surface area contributed by atoms with E-state index in [0.717, 1.165) is 24.8 Å². The molecule has 3 heterocycles. The van der Waals surface area contributed by atoms with Gasteiger partial charge in [0.2, 0.25) is 0 Å². The maximum absolute atomic E-state index is 13.8. The third-order valence-electron chi connectivity index (χ3n) is 6.44. The highest BCUT2D eigenvalue weighted by Crippen LogP contribution is 2.30. The molecule has 1 saturated heterocycles. The standard InChI is InChI=1S/C25H26FN5O2/c1-16-5-8-22(31-27-11-12-28-31)19(14-16)25(32)30-13-3-4-17(2)21(30)9-10-24-29-20-7-6-18(26)15-23(20)33-24/h5-8,11-12,14-15,17,21H,3-4,9-10,13H2,1-2H3/t17-,21-/m1/s1. The lowest BCUT2D eigenvalue weighted by molar-refractivity contribution is 0.0495. The summed E-state index contributed by atoms with van der Waals surface area (Å²) in [6.07, 6.45) is 6.54. The number of carbonyl (C=O) groups is 1. The summed E-state index contributed by atoms with van der Waals surface area (Å²) in [5, 5.41) is 8.46. The molecular formula is C25H26FN5O2. The smallest absolute Gasteiger partial charge is 0.256 e. The molecule has 0 spiro atoms. The van der Waals surface area contributed by atoms with Crippen LogP contribution < -0.4 is 0 Å². The van der Waals surface area contributed by atoms with Crippen LogP contribution in [-0.2, 0) is 6.42 Å². The van der Waals surface area contributed by atoms with Crippen molar-refractivity contribution in [1.29, 1.82) is 0 Å². The summed E-state index contributed by atoms with van der Waals surface area (Å²) in [6, 6.07) is 10.2. The van der Waals surface area contributed by atoms with E-state index in [1.807, 2.05) is 30.0 Å². The van der Waals surface area contributed by atoms with E-state index in [2.05, 4.69) is 22.1 Å². The van der Waals surface area contributed by atoms with Crippen molar-refractivity contribution in [3.05, 3.63) is 71.6 Å². The van der Waals surface area contributed by atoms with Gasteiger partial charge in [-0.1, -0.05) is 18.6 Å². The molecule has 170 valence electrons. The highest BCUT2D eigenvalue weighted by molar-refractivity contribution is 5.98. The number of halogens is 1. The van der Waals surface area contributed by atoms with Gasteiger partial charge in [0.05, 0.1) is 23.6 Å². The second kappa shape index (κ2) is 8.77. The minimum atomic E-state index is -0.344. The normalized spacial score (nSPS) is 18.7. The number of likely N-dealkylation sites (tertiary alicyclic amines) is 1. The maximum atomic E-state index is 13.8. The van der Waals surface area contributed by atoms with Crippen molar-refractivity contribution in [2.75, 3.05) is 6.54 Å². The van der Waals surface area contributed by atoms with Crippen LogP contribution in [0.3, 0.4) is 0 Å². The number of aryl methyl sites for hydroxylation is 2. The first-order valence-corrected chi connectivity index (χ1v) is 11.3. The molecule has 1 fully saturated rings. The first-order chi connectivity index (χ1) is 16.0. The number of rotatable bonds is 5. The van der Waals surface area contributed by atoms with Gasteiger partial charge < -0.3 is 9.32 Å². The summed E-state index contributed by atoms with van der Waals surface area (Å²) in [6.45, 7) is 4.87. The Morgan fingerprint density at radius 3 is 2.82 bits per heavy atom. The fraction of sp³-hybridized carbons (Fsp3) is 0.360. The Hall–Kier alpha value is -3.55. The fourth-order valence-corrected chi connectivity index (χ4v) is 4.76. The molecule has 2 atom stereocenters. The van der Waals surface area contributed by atoms with Gasteiger partial charge in [-0.25, -0.2) is 9.37 Å². The zero-order valence-electron chi connectivity index (χ0n) is 18.7. The minimum Gasteiger partial charge on any atom is -0.441 e. The summed E-state index contributed by atoms with van der Waals surface area (Å²) >= 11 is 0. The number of benzene rings is 2. The minimum absolute atomic E-state index is 0.0119. The van der Waals surface area contributed by atoms with Crippen molar-refractivity contribution < 1.29 is 13.6 Å². The predicted molar refractivity (Wildman–Crippen MR) is 122 cm³/mol. The van der Waals surface area contributed by atoms with Crippen molar-refractivity contribution in [3.8, 4) is 5.69 Å². The lowest BCUT2D eigenvalue weighted by atomic mass is 9.87. The molecule has 8 heteroatoms. The highest BCUT2D eigenvalue weighted by Gasteiger charge is 2.33. The predicted octanol–water partition coefficient (Wildman–Crippen LogP) is 4.73. The Balaban J connectivity index is 1.40. The third-order valence-corrected chi connectivity index (χ3v) is 6.44. The molecule has 2 aromatic carbocycles. The van der Waals surface area contributed by atoms with Crippen LogP contribution >= 0.6 is 0 Å². The molecule has 5 rings (SSSR count). The second-order valence-corrected chi connectivity index (χ2v) is 8.78. The van der Waals surface area contributed by atoms with Crippen LogP contribution in [0.25, 0.3) is 16.8 Å². The molecule has 0 unspecified atom stereocenters. The summed E-state index contributed by atoms with van der Waals surface area (Å²) < 4.78 is 19.3. The summed E-state index contributed by atoms with van der Waals surface area (Å²) in [4.78, 5) is 21.8. The van der Waals surface area contributed by atoms with E-state index in [-0.39, 0.29) is 17.8 Å². The zero-order chi connectivity index (χ0) is 22.9. The van der Waals surface area contributed by atoms with E-state index in [4.69, 9.17) is 4.42 Å². The zero-order valence-corrected chi connectivity index (χ0v) is 18.7.